The molecule has 0 aliphatic carbocycles. The van der Waals surface area contributed by atoms with E-state index in [9.17, 15) is 4.79 Å². The molecule has 116 valence electrons. The summed E-state index contributed by atoms with van der Waals surface area (Å²) in [4.78, 5) is 12.3. The fourth-order valence-electron chi connectivity index (χ4n) is 2.72. The van der Waals surface area contributed by atoms with Crippen molar-refractivity contribution < 1.29 is 4.79 Å². The van der Waals surface area contributed by atoms with E-state index in [2.05, 4.69) is 33.0 Å². The first-order valence-electron chi connectivity index (χ1n) is 7.85. The average molecular weight is 298 g/mol. The number of nitrogens with zero attached hydrogens (tertiary/aromatic N) is 1. The van der Waals surface area contributed by atoms with Gasteiger partial charge in [-0.2, -0.15) is 5.10 Å². The number of amides is 1. The predicted molar refractivity (Wildman–Crippen MR) is 87.2 cm³/mol. The molecular formula is C17H22N4O. The van der Waals surface area contributed by atoms with Crippen molar-refractivity contribution in [1.82, 2.24) is 15.5 Å². The van der Waals surface area contributed by atoms with Crippen LogP contribution in [0.3, 0.4) is 0 Å². The van der Waals surface area contributed by atoms with Crippen LogP contribution in [0.5, 0.6) is 0 Å². The second-order valence-corrected chi connectivity index (χ2v) is 5.82. The molecule has 0 saturated carbocycles. The fourth-order valence-corrected chi connectivity index (χ4v) is 2.72. The summed E-state index contributed by atoms with van der Waals surface area (Å²) in [5.74, 6) is -0.165. The number of rotatable bonds is 5. The minimum absolute atomic E-state index is 0.165. The number of aromatic nitrogens is 2. The molecule has 2 aromatic rings. The molecule has 3 N–H and O–H groups in total. The van der Waals surface area contributed by atoms with Gasteiger partial charge in [0.15, 0.2) is 5.69 Å². The van der Waals surface area contributed by atoms with E-state index in [4.69, 9.17) is 0 Å². The van der Waals surface area contributed by atoms with Gasteiger partial charge in [-0.1, -0.05) is 19.1 Å². The standard InChI is InChI=1S/C17H22N4O/c1-3-15-11(2)16(21-20-15)17(22)19-13-6-4-12(5-7-13)10-14-8-9-18-14/h4-7,14,18H,3,8-10H2,1-2H3,(H,19,22)(H,20,21)/t14-/m0/s1. The molecular weight excluding hydrogens is 276 g/mol. The minimum atomic E-state index is -0.165. The lowest BCUT2D eigenvalue weighted by Crippen LogP contribution is -2.44. The summed E-state index contributed by atoms with van der Waals surface area (Å²) in [7, 11) is 0. The van der Waals surface area contributed by atoms with E-state index >= 15 is 0 Å². The molecule has 1 aliphatic rings. The smallest absolute Gasteiger partial charge is 0.276 e. The van der Waals surface area contributed by atoms with Gasteiger partial charge in [-0.3, -0.25) is 9.89 Å². The molecule has 5 heteroatoms. The molecule has 5 nitrogen and oxygen atoms in total. The van der Waals surface area contributed by atoms with Gasteiger partial charge in [-0.25, -0.2) is 0 Å². The highest BCUT2D eigenvalue weighted by Gasteiger charge is 2.17. The maximum absolute atomic E-state index is 12.3. The van der Waals surface area contributed by atoms with Crippen LogP contribution < -0.4 is 10.6 Å². The molecule has 1 amide bonds. The average Bonchev–Trinajstić information content (AvgIpc) is 2.85. The molecule has 0 unspecified atom stereocenters. The van der Waals surface area contributed by atoms with Crippen molar-refractivity contribution in [3.8, 4) is 0 Å². The molecule has 1 saturated heterocycles. The predicted octanol–water partition coefficient (Wildman–Crippen LogP) is 2.44. The maximum Gasteiger partial charge on any atom is 0.276 e. The van der Waals surface area contributed by atoms with E-state index in [-0.39, 0.29) is 5.91 Å². The Kier molecular flexibility index (Phi) is 4.24. The third-order valence-electron chi connectivity index (χ3n) is 4.30. The Bertz CT molecular complexity index is 656. The number of H-pyrrole nitrogens is 1. The van der Waals surface area contributed by atoms with Crippen LogP contribution in [0.1, 0.15) is 40.7 Å². The summed E-state index contributed by atoms with van der Waals surface area (Å²) in [6, 6.07) is 8.66. The lowest BCUT2D eigenvalue weighted by Gasteiger charge is -2.27. The number of nitrogens with one attached hydrogen (secondary N) is 3. The van der Waals surface area contributed by atoms with Crippen LogP contribution in [0.4, 0.5) is 5.69 Å². The van der Waals surface area contributed by atoms with Crippen molar-refractivity contribution in [3.63, 3.8) is 0 Å². The molecule has 0 spiro atoms. The Hall–Kier alpha value is -2.14. The SMILES string of the molecule is CCc1[nH]nc(C(=O)Nc2ccc(C[C@@H]3CCN3)cc2)c1C. The Balaban J connectivity index is 1.64. The number of hydrogen-bond donors (Lipinski definition) is 3. The van der Waals surface area contributed by atoms with E-state index in [1.165, 1.54) is 12.0 Å². The van der Waals surface area contributed by atoms with Gasteiger partial charge in [0.25, 0.3) is 5.91 Å². The summed E-state index contributed by atoms with van der Waals surface area (Å²) in [5.41, 5.74) is 4.50. The lowest BCUT2D eigenvalue weighted by atomic mass is 9.98. The van der Waals surface area contributed by atoms with Crippen LogP contribution in [-0.4, -0.2) is 28.7 Å². The van der Waals surface area contributed by atoms with E-state index < -0.39 is 0 Å². The van der Waals surface area contributed by atoms with Crippen molar-refractivity contribution in [2.75, 3.05) is 11.9 Å². The number of carbonyl (C=O) groups excluding carboxylic acids is 1. The third-order valence-corrected chi connectivity index (χ3v) is 4.30. The molecule has 1 atom stereocenters. The van der Waals surface area contributed by atoms with Crippen molar-refractivity contribution in [2.45, 2.75) is 39.2 Å². The topological polar surface area (TPSA) is 69.8 Å². The molecule has 1 aliphatic heterocycles. The van der Waals surface area contributed by atoms with E-state index in [1.54, 1.807) is 0 Å². The first kappa shape index (κ1) is 14.8. The summed E-state index contributed by atoms with van der Waals surface area (Å²) in [5, 5.41) is 13.3. The Labute approximate surface area is 130 Å². The first-order valence-corrected chi connectivity index (χ1v) is 7.85. The normalized spacial score (nSPS) is 17.1. The lowest BCUT2D eigenvalue weighted by molar-refractivity contribution is 0.102. The van der Waals surface area contributed by atoms with Gasteiger partial charge < -0.3 is 10.6 Å². The molecule has 1 aromatic carbocycles. The van der Waals surface area contributed by atoms with Crippen LogP contribution in [0.15, 0.2) is 24.3 Å². The maximum atomic E-state index is 12.3. The second kappa shape index (κ2) is 6.32. The molecule has 1 aromatic heterocycles. The molecule has 0 bridgehead atoms. The summed E-state index contributed by atoms with van der Waals surface area (Å²) >= 11 is 0. The largest absolute Gasteiger partial charge is 0.321 e. The summed E-state index contributed by atoms with van der Waals surface area (Å²) in [6.45, 7) is 5.09. The quantitative estimate of drug-likeness (QED) is 0.794. The zero-order valence-corrected chi connectivity index (χ0v) is 13.1. The Morgan fingerprint density at radius 1 is 1.36 bits per heavy atom. The Morgan fingerprint density at radius 3 is 2.64 bits per heavy atom. The fraction of sp³-hybridized carbons (Fsp3) is 0.412. The number of anilines is 1. The van der Waals surface area contributed by atoms with Gasteiger partial charge in [-0.15, -0.1) is 0 Å². The van der Waals surface area contributed by atoms with E-state index in [0.717, 1.165) is 36.3 Å². The zero-order chi connectivity index (χ0) is 15.5. The van der Waals surface area contributed by atoms with E-state index in [0.29, 0.717) is 11.7 Å². The first-order chi connectivity index (χ1) is 10.7. The summed E-state index contributed by atoms with van der Waals surface area (Å²) < 4.78 is 0. The van der Waals surface area contributed by atoms with Gasteiger partial charge in [0.2, 0.25) is 0 Å². The van der Waals surface area contributed by atoms with Gasteiger partial charge in [0, 0.05) is 23.0 Å². The number of aryl methyl sites for hydroxylation is 1. The monoisotopic (exact) mass is 298 g/mol. The van der Waals surface area contributed by atoms with Crippen LogP contribution >= 0.6 is 0 Å². The van der Waals surface area contributed by atoms with Gasteiger partial charge >= 0.3 is 0 Å². The van der Waals surface area contributed by atoms with Crippen LogP contribution in [0, 0.1) is 6.92 Å². The molecule has 3 rings (SSSR count). The van der Waals surface area contributed by atoms with Crippen LogP contribution in [-0.2, 0) is 12.8 Å². The number of aromatic amines is 1. The van der Waals surface area contributed by atoms with Gasteiger partial charge in [-0.05, 0) is 50.4 Å². The van der Waals surface area contributed by atoms with Crippen molar-refractivity contribution >= 4 is 11.6 Å². The number of benzene rings is 1. The zero-order valence-electron chi connectivity index (χ0n) is 13.1. The highest BCUT2D eigenvalue weighted by molar-refractivity contribution is 6.03. The minimum Gasteiger partial charge on any atom is -0.321 e. The van der Waals surface area contributed by atoms with Crippen molar-refractivity contribution in [3.05, 3.63) is 46.8 Å². The van der Waals surface area contributed by atoms with Crippen molar-refractivity contribution in [2.24, 2.45) is 0 Å². The van der Waals surface area contributed by atoms with Gasteiger partial charge in [0.1, 0.15) is 0 Å². The third kappa shape index (κ3) is 3.04. The molecule has 2 heterocycles. The number of hydrogen-bond acceptors (Lipinski definition) is 3. The Morgan fingerprint density at radius 2 is 2.09 bits per heavy atom. The molecule has 22 heavy (non-hydrogen) atoms. The van der Waals surface area contributed by atoms with Gasteiger partial charge in [0.05, 0.1) is 0 Å². The highest BCUT2D eigenvalue weighted by atomic mass is 16.1. The van der Waals surface area contributed by atoms with Crippen LogP contribution in [0.2, 0.25) is 0 Å². The molecule has 0 radical (unpaired) electrons. The number of carbonyl (C=O) groups is 1. The highest BCUT2D eigenvalue weighted by Crippen LogP contribution is 2.16. The van der Waals surface area contributed by atoms with Crippen LogP contribution in [0.25, 0.3) is 0 Å². The summed E-state index contributed by atoms with van der Waals surface area (Å²) in [6.07, 6.45) is 3.14. The second-order valence-electron chi connectivity index (χ2n) is 5.82. The molecule has 1 fully saturated rings. The van der Waals surface area contributed by atoms with E-state index in [1.807, 2.05) is 26.0 Å². The van der Waals surface area contributed by atoms with Crippen molar-refractivity contribution in [1.29, 1.82) is 0 Å².